The summed E-state index contributed by atoms with van der Waals surface area (Å²) < 4.78 is 11.7. The maximum atomic E-state index is 12.7. The van der Waals surface area contributed by atoms with Crippen molar-refractivity contribution in [2.75, 3.05) is 10.6 Å². The first-order valence-electron chi connectivity index (χ1n) is 13.8. The Morgan fingerprint density at radius 2 is 0.762 bits per heavy atom. The number of benzene rings is 5. The number of nitrogens with one attached hydrogen (secondary N) is 2. The van der Waals surface area contributed by atoms with Crippen LogP contribution in [-0.2, 0) is 9.59 Å². The van der Waals surface area contributed by atoms with Gasteiger partial charge in [-0.05, 0) is 84.6 Å². The lowest BCUT2D eigenvalue weighted by atomic mass is 10.1. The molecule has 0 saturated heterocycles. The van der Waals surface area contributed by atoms with E-state index in [-0.39, 0.29) is 11.8 Å². The lowest BCUT2D eigenvalue weighted by Gasteiger charge is -2.16. The summed E-state index contributed by atoms with van der Waals surface area (Å²) in [6, 6.07) is 42.3. The molecule has 5 aromatic carbocycles. The molecule has 210 valence electrons. The third-order valence-corrected chi connectivity index (χ3v) is 6.71. The van der Waals surface area contributed by atoms with E-state index < -0.39 is 12.2 Å². The average Bonchev–Trinajstić information content (AvgIpc) is 3.03. The highest BCUT2D eigenvalue weighted by atomic mass is 16.5. The first-order chi connectivity index (χ1) is 20.4. The fraction of sp³-hybridized carbons (Fsp3) is 0.111. The van der Waals surface area contributed by atoms with Gasteiger partial charge in [0.1, 0.15) is 11.5 Å². The van der Waals surface area contributed by atoms with Crippen LogP contribution in [0, 0.1) is 0 Å². The molecular formula is C36H32N2O4. The first-order valence-corrected chi connectivity index (χ1v) is 13.8. The zero-order valence-corrected chi connectivity index (χ0v) is 23.5. The Kier molecular flexibility index (Phi) is 8.94. The summed E-state index contributed by atoms with van der Waals surface area (Å²) in [5.74, 6) is 0.663. The molecular weight excluding hydrogens is 524 g/mol. The van der Waals surface area contributed by atoms with E-state index in [9.17, 15) is 9.59 Å². The normalized spacial score (nSPS) is 12.0. The van der Waals surface area contributed by atoms with Crippen molar-refractivity contribution in [3.8, 4) is 33.8 Å². The van der Waals surface area contributed by atoms with Crippen LogP contribution >= 0.6 is 0 Å². The molecule has 0 aromatic heterocycles. The van der Waals surface area contributed by atoms with Gasteiger partial charge in [0, 0.05) is 11.4 Å². The van der Waals surface area contributed by atoms with Gasteiger partial charge in [-0.1, -0.05) is 84.9 Å². The maximum absolute atomic E-state index is 12.7. The van der Waals surface area contributed by atoms with Crippen LogP contribution in [0.1, 0.15) is 13.8 Å². The van der Waals surface area contributed by atoms with E-state index in [0.717, 1.165) is 22.3 Å². The van der Waals surface area contributed by atoms with E-state index in [1.165, 1.54) is 0 Å². The molecule has 2 unspecified atom stereocenters. The second-order valence-corrected chi connectivity index (χ2v) is 9.86. The van der Waals surface area contributed by atoms with E-state index in [0.29, 0.717) is 22.9 Å². The van der Waals surface area contributed by atoms with Gasteiger partial charge in [0.05, 0.1) is 0 Å². The minimum atomic E-state index is -0.702. The Morgan fingerprint density at radius 3 is 1.10 bits per heavy atom. The predicted octanol–water partition coefficient (Wildman–Crippen LogP) is 7.83. The van der Waals surface area contributed by atoms with Crippen LogP contribution in [0.15, 0.2) is 133 Å². The van der Waals surface area contributed by atoms with Crippen molar-refractivity contribution in [3.05, 3.63) is 133 Å². The quantitative estimate of drug-likeness (QED) is 0.184. The SMILES string of the molecule is CC(Oc1ccc(-c2ccccc2)cc1)C(=O)Nc1ccc(NC(=O)C(C)Oc2ccc(-c3ccccc3)cc2)cc1. The molecule has 6 heteroatoms. The molecule has 0 aliphatic rings. The van der Waals surface area contributed by atoms with E-state index in [1.54, 1.807) is 38.1 Å². The van der Waals surface area contributed by atoms with Crippen LogP contribution in [-0.4, -0.2) is 24.0 Å². The van der Waals surface area contributed by atoms with Crippen molar-refractivity contribution in [3.63, 3.8) is 0 Å². The topological polar surface area (TPSA) is 76.7 Å². The van der Waals surface area contributed by atoms with Crippen molar-refractivity contribution in [1.82, 2.24) is 0 Å². The molecule has 2 atom stereocenters. The van der Waals surface area contributed by atoms with Crippen LogP contribution in [0.2, 0.25) is 0 Å². The summed E-state index contributed by atoms with van der Waals surface area (Å²) in [5, 5.41) is 5.70. The van der Waals surface area contributed by atoms with Crippen LogP contribution in [0.4, 0.5) is 11.4 Å². The number of rotatable bonds is 10. The molecule has 0 saturated carbocycles. The van der Waals surface area contributed by atoms with Crippen molar-refractivity contribution in [2.24, 2.45) is 0 Å². The molecule has 2 N–H and O–H groups in total. The molecule has 42 heavy (non-hydrogen) atoms. The number of ether oxygens (including phenoxy) is 2. The molecule has 2 amide bonds. The second-order valence-electron chi connectivity index (χ2n) is 9.86. The van der Waals surface area contributed by atoms with E-state index in [1.807, 2.05) is 109 Å². The molecule has 0 bridgehead atoms. The zero-order chi connectivity index (χ0) is 29.3. The fourth-order valence-corrected chi connectivity index (χ4v) is 4.35. The molecule has 0 aliphatic carbocycles. The van der Waals surface area contributed by atoms with Crippen molar-refractivity contribution < 1.29 is 19.1 Å². The van der Waals surface area contributed by atoms with Gasteiger partial charge < -0.3 is 20.1 Å². The van der Waals surface area contributed by atoms with E-state index in [4.69, 9.17) is 9.47 Å². The monoisotopic (exact) mass is 556 g/mol. The Labute approximate surface area is 245 Å². The highest BCUT2D eigenvalue weighted by Gasteiger charge is 2.17. The summed E-state index contributed by atoms with van der Waals surface area (Å²) in [6.07, 6.45) is -1.40. The Bertz CT molecular complexity index is 1480. The number of amides is 2. The fourth-order valence-electron chi connectivity index (χ4n) is 4.35. The third kappa shape index (κ3) is 7.43. The Morgan fingerprint density at radius 1 is 0.452 bits per heavy atom. The molecule has 0 heterocycles. The van der Waals surface area contributed by atoms with E-state index >= 15 is 0 Å². The highest BCUT2D eigenvalue weighted by Crippen LogP contribution is 2.24. The van der Waals surface area contributed by atoms with Crippen molar-refractivity contribution in [1.29, 1.82) is 0 Å². The Hall–Kier alpha value is -5.36. The lowest BCUT2D eigenvalue weighted by Crippen LogP contribution is -2.30. The molecule has 5 rings (SSSR count). The molecule has 0 fully saturated rings. The average molecular weight is 557 g/mol. The number of anilines is 2. The van der Waals surface area contributed by atoms with Crippen LogP contribution < -0.4 is 20.1 Å². The number of carbonyl (C=O) groups excluding carboxylic acids is 2. The summed E-state index contributed by atoms with van der Waals surface area (Å²) in [6.45, 7) is 3.40. The predicted molar refractivity (Wildman–Crippen MR) is 168 cm³/mol. The van der Waals surface area contributed by atoms with Gasteiger partial charge in [-0.15, -0.1) is 0 Å². The molecule has 6 nitrogen and oxygen atoms in total. The minimum Gasteiger partial charge on any atom is -0.481 e. The zero-order valence-electron chi connectivity index (χ0n) is 23.5. The number of hydrogen-bond acceptors (Lipinski definition) is 4. The number of carbonyl (C=O) groups is 2. The van der Waals surface area contributed by atoms with Gasteiger partial charge >= 0.3 is 0 Å². The van der Waals surface area contributed by atoms with Crippen molar-refractivity contribution in [2.45, 2.75) is 26.1 Å². The molecule has 0 aliphatic heterocycles. The molecule has 5 aromatic rings. The van der Waals surface area contributed by atoms with Gasteiger partial charge in [-0.2, -0.15) is 0 Å². The third-order valence-electron chi connectivity index (χ3n) is 6.71. The van der Waals surface area contributed by atoms with Gasteiger partial charge in [0.15, 0.2) is 12.2 Å². The van der Waals surface area contributed by atoms with Crippen LogP contribution in [0.25, 0.3) is 22.3 Å². The summed E-state index contributed by atoms with van der Waals surface area (Å²) >= 11 is 0. The summed E-state index contributed by atoms with van der Waals surface area (Å²) in [5.41, 5.74) is 5.57. The summed E-state index contributed by atoms with van der Waals surface area (Å²) in [4.78, 5) is 25.4. The molecule has 0 radical (unpaired) electrons. The van der Waals surface area contributed by atoms with Crippen LogP contribution in [0.5, 0.6) is 11.5 Å². The standard InChI is InChI=1S/C36H32N2O4/c1-25(41-33-21-13-29(14-22-33)27-9-5-3-6-10-27)35(39)37-31-17-19-32(20-18-31)38-36(40)26(2)42-34-23-15-30(16-24-34)28-11-7-4-8-12-28/h3-26H,1-2H3,(H,37,39)(H,38,40). The van der Waals surface area contributed by atoms with Crippen LogP contribution in [0.3, 0.4) is 0 Å². The summed E-state index contributed by atoms with van der Waals surface area (Å²) in [7, 11) is 0. The minimum absolute atomic E-state index is 0.278. The number of hydrogen-bond donors (Lipinski definition) is 2. The largest absolute Gasteiger partial charge is 0.481 e. The van der Waals surface area contributed by atoms with Gasteiger partial charge in [0.25, 0.3) is 11.8 Å². The van der Waals surface area contributed by atoms with E-state index in [2.05, 4.69) is 10.6 Å². The maximum Gasteiger partial charge on any atom is 0.265 e. The lowest BCUT2D eigenvalue weighted by molar-refractivity contribution is -0.122. The van der Waals surface area contributed by atoms with Crippen molar-refractivity contribution >= 4 is 23.2 Å². The van der Waals surface area contributed by atoms with Gasteiger partial charge in [-0.3, -0.25) is 9.59 Å². The highest BCUT2D eigenvalue weighted by molar-refractivity contribution is 5.96. The first kappa shape index (κ1) is 28.2. The van der Waals surface area contributed by atoms with Gasteiger partial charge in [0.2, 0.25) is 0 Å². The second kappa shape index (κ2) is 13.3. The molecule has 0 spiro atoms. The smallest absolute Gasteiger partial charge is 0.265 e. The van der Waals surface area contributed by atoms with Gasteiger partial charge in [-0.25, -0.2) is 0 Å². The Balaban J connectivity index is 1.09.